The minimum absolute atomic E-state index is 0.0301. The lowest BCUT2D eigenvalue weighted by molar-refractivity contribution is 0.133. The second-order valence-corrected chi connectivity index (χ2v) is 6.50. The summed E-state index contributed by atoms with van der Waals surface area (Å²) in [5.74, 6) is 2.26. The lowest BCUT2D eigenvalue weighted by Crippen LogP contribution is -2.32. The van der Waals surface area contributed by atoms with E-state index in [-0.39, 0.29) is 17.9 Å². The molecule has 7 nitrogen and oxygen atoms in total. The maximum absolute atomic E-state index is 9.29. The van der Waals surface area contributed by atoms with E-state index in [9.17, 15) is 5.11 Å². The minimum Gasteiger partial charge on any atom is -0.396 e. The molecule has 1 aliphatic rings. The molecule has 22 heavy (non-hydrogen) atoms. The Morgan fingerprint density at radius 2 is 2.09 bits per heavy atom. The quantitative estimate of drug-likeness (QED) is 0.784. The normalized spacial score (nSPS) is 21.4. The van der Waals surface area contributed by atoms with E-state index in [0.29, 0.717) is 25.0 Å². The molecule has 1 aromatic heterocycles. The summed E-state index contributed by atoms with van der Waals surface area (Å²) >= 11 is 0. The van der Waals surface area contributed by atoms with Crippen molar-refractivity contribution in [2.75, 3.05) is 50.7 Å². The van der Waals surface area contributed by atoms with Crippen molar-refractivity contribution in [1.29, 1.82) is 0 Å². The lowest BCUT2D eigenvalue weighted by Gasteiger charge is -2.27. The summed E-state index contributed by atoms with van der Waals surface area (Å²) in [7, 11) is 3.84. The van der Waals surface area contributed by atoms with Crippen LogP contribution in [-0.2, 0) is 4.74 Å². The number of hydrogen-bond acceptors (Lipinski definition) is 7. The van der Waals surface area contributed by atoms with Crippen molar-refractivity contribution in [3.8, 4) is 0 Å². The Hall–Kier alpha value is -1.47. The summed E-state index contributed by atoms with van der Waals surface area (Å²) in [4.78, 5) is 15.3. The van der Waals surface area contributed by atoms with Crippen LogP contribution in [0.25, 0.3) is 0 Å². The number of aromatic nitrogens is 3. The number of aliphatic hydroxyl groups excluding tert-OH is 1. The number of ether oxygens (including phenoxy) is 1. The summed E-state index contributed by atoms with van der Waals surface area (Å²) in [6.45, 7) is 6.42. The van der Waals surface area contributed by atoms with Crippen LogP contribution in [-0.4, -0.2) is 60.5 Å². The molecule has 0 amide bonds. The van der Waals surface area contributed by atoms with Crippen LogP contribution in [0.3, 0.4) is 0 Å². The van der Waals surface area contributed by atoms with Crippen LogP contribution >= 0.6 is 0 Å². The molecule has 1 unspecified atom stereocenters. The fourth-order valence-electron chi connectivity index (χ4n) is 2.50. The Labute approximate surface area is 132 Å². The van der Waals surface area contributed by atoms with Gasteiger partial charge in [0.1, 0.15) is 5.82 Å². The van der Waals surface area contributed by atoms with Gasteiger partial charge in [0.25, 0.3) is 0 Å². The summed E-state index contributed by atoms with van der Waals surface area (Å²) in [5, 5.41) is 12.6. The Morgan fingerprint density at radius 1 is 1.32 bits per heavy atom. The number of aliphatic hydroxyl groups is 1. The molecule has 0 saturated carbocycles. The van der Waals surface area contributed by atoms with Gasteiger partial charge in [-0.25, -0.2) is 0 Å². The van der Waals surface area contributed by atoms with Crippen molar-refractivity contribution in [2.24, 2.45) is 5.41 Å². The van der Waals surface area contributed by atoms with Crippen LogP contribution in [0.15, 0.2) is 0 Å². The Kier molecular flexibility index (Phi) is 5.52. The molecule has 0 spiro atoms. The molecular weight excluding hydrogens is 282 g/mol. The largest absolute Gasteiger partial charge is 0.396 e. The van der Waals surface area contributed by atoms with E-state index in [0.717, 1.165) is 25.3 Å². The van der Waals surface area contributed by atoms with Gasteiger partial charge in [0.15, 0.2) is 0 Å². The highest BCUT2D eigenvalue weighted by atomic mass is 16.5. The number of anilines is 2. The molecule has 1 aliphatic heterocycles. The Bertz CT molecular complexity index is 461. The SMILES string of the molecule is CC(C)c1nc(NCC2(CCO)CCOC2)nc(N(C)C)n1. The van der Waals surface area contributed by atoms with Gasteiger partial charge in [0.2, 0.25) is 11.9 Å². The molecule has 0 radical (unpaired) electrons. The van der Waals surface area contributed by atoms with E-state index in [2.05, 4.69) is 34.1 Å². The van der Waals surface area contributed by atoms with Crippen molar-refractivity contribution in [1.82, 2.24) is 15.0 Å². The smallest absolute Gasteiger partial charge is 0.229 e. The van der Waals surface area contributed by atoms with Gasteiger partial charge in [-0.15, -0.1) is 0 Å². The number of nitrogens with one attached hydrogen (secondary N) is 1. The molecule has 2 heterocycles. The van der Waals surface area contributed by atoms with E-state index in [4.69, 9.17) is 4.74 Å². The molecule has 1 fully saturated rings. The van der Waals surface area contributed by atoms with Gasteiger partial charge < -0.3 is 20.1 Å². The van der Waals surface area contributed by atoms with Crippen LogP contribution in [0.1, 0.15) is 38.4 Å². The van der Waals surface area contributed by atoms with E-state index in [1.54, 1.807) is 0 Å². The molecular formula is C15H27N5O2. The second kappa shape index (κ2) is 7.19. The summed E-state index contributed by atoms with van der Waals surface area (Å²) in [5.41, 5.74) is -0.0301. The van der Waals surface area contributed by atoms with Crippen LogP contribution in [0.5, 0.6) is 0 Å². The molecule has 0 aromatic carbocycles. The molecule has 2 rings (SSSR count). The molecule has 124 valence electrons. The molecule has 2 N–H and O–H groups in total. The monoisotopic (exact) mass is 309 g/mol. The Balaban J connectivity index is 2.14. The topological polar surface area (TPSA) is 83.4 Å². The zero-order valence-electron chi connectivity index (χ0n) is 14.0. The fraction of sp³-hybridized carbons (Fsp3) is 0.800. The zero-order chi connectivity index (χ0) is 16.2. The highest BCUT2D eigenvalue weighted by Crippen LogP contribution is 2.32. The van der Waals surface area contributed by atoms with Gasteiger partial charge in [-0.1, -0.05) is 13.8 Å². The second-order valence-electron chi connectivity index (χ2n) is 6.50. The van der Waals surface area contributed by atoms with Crippen molar-refractivity contribution in [3.63, 3.8) is 0 Å². The molecule has 1 saturated heterocycles. The first-order valence-electron chi connectivity index (χ1n) is 7.81. The van der Waals surface area contributed by atoms with Crippen molar-refractivity contribution in [2.45, 2.75) is 32.6 Å². The minimum atomic E-state index is -0.0301. The van der Waals surface area contributed by atoms with Crippen molar-refractivity contribution in [3.05, 3.63) is 5.82 Å². The third-order valence-electron chi connectivity index (χ3n) is 4.01. The predicted octanol–water partition coefficient (Wildman–Crippen LogP) is 1.26. The molecule has 7 heteroatoms. The summed E-state index contributed by atoms with van der Waals surface area (Å²) in [6, 6.07) is 0. The first kappa shape index (κ1) is 16.9. The zero-order valence-corrected chi connectivity index (χ0v) is 14.0. The maximum Gasteiger partial charge on any atom is 0.229 e. The van der Waals surface area contributed by atoms with Gasteiger partial charge in [-0.2, -0.15) is 15.0 Å². The molecule has 1 atom stereocenters. The van der Waals surface area contributed by atoms with Gasteiger partial charge in [-0.3, -0.25) is 0 Å². The first-order valence-corrected chi connectivity index (χ1v) is 7.81. The van der Waals surface area contributed by atoms with E-state index >= 15 is 0 Å². The van der Waals surface area contributed by atoms with Gasteiger partial charge in [-0.05, 0) is 12.8 Å². The summed E-state index contributed by atoms with van der Waals surface area (Å²) < 4.78 is 5.51. The Morgan fingerprint density at radius 3 is 2.64 bits per heavy atom. The number of rotatable bonds is 7. The van der Waals surface area contributed by atoms with E-state index < -0.39 is 0 Å². The van der Waals surface area contributed by atoms with Crippen molar-refractivity contribution >= 4 is 11.9 Å². The molecule has 0 aliphatic carbocycles. The lowest BCUT2D eigenvalue weighted by atomic mass is 9.84. The summed E-state index contributed by atoms with van der Waals surface area (Å²) in [6.07, 6.45) is 1.67. The van der Waals surface area contributed by atoms with Gasteiger partial charge in [0, 0.05) is 45.2 Å². The third-order valence-corrected chi connectivity index (χ3v) is 4.01. The van der Waals surface area contributed by atoms with Gasteiger partial charge >= 0.3 is 0 Å². The van der Waals surface area contributed by atoms with E-state index in [1.165, 1.54) is 0 Å². The van der Waals surface area contributed by atoms with Crippen LogP contribution < -0.4 is 10.2 Å². The average Bonchev–Trinajstić information content (AvgIpc) is 2.94. The number of nitrogens with zero attached hydrogens (tertiary/aromatic N) is 4. The third kappa shape index (κ3) is 4.04. The molecule has 1 aromatic rings. The maximum atomic E-state index is 9.29. The number of hydrogen-bond donors (Lipinski definition) is 2. The average molecular weight is 309 g/mol. The first-order chi connectivity index (χ1) is 10.5. The van der Waals surface area contributed by atoms with Crippen molar-refractivity contribution < 1.29 is 9.84 Å². The van der Waals surface area contributed by atoms with Crippen LogP contribution in [0, 0.1) is 5.41 Å². The fourth-order valence-corrected chi connectivity index (χ4v) is 2.50. The van der Waals surface area contributed by atoms with Gasteiger partial charge in [0.05, 0.1) is 6.61 Å². The van der Waals surface area contributed by atoms with Crippen LogP contribution in [0.4, 0.5) is 11.9 Å². The highest BCUT2D eigenvalue weighted by molar-refractivity contribution is 5.36. The standard InChI is InChI=1S/C15H27N5O2/c1-11(2)12-17-13(19-14(18-12)20(3)4)16-9-15(5-7-21)6-8-22-10-15/h11,21H,5-10H2,1-4H3,(H,16,17,18,19). The highest BCUT2D eigenvalue weighted by Gasteiger charge is 2.34. The van der Waals surface area contributed by atoms with E-state index in [1.807, 2.05) is 19.0 Å². The van der Waals surface area contributed by atoms with Crippen LogP contribution in [0.2, 0.25) is 0 Å². The predicted molar refractivity (Wildman–Crippen MR) is 86.3 cm³/mol. The molecule has 0 bridgehead atoms.